The Morgan fingerprint density at radius 2 is 1.82 bits per heavy atom. The van der Waals surface area contributed by atoms with Crippen molar-refractivity contribution in [3.8, 4) is 28.5 Å². The highest BCUT2D eigenvalue weighted by atomic mass is 35.5. The topological polar surface area (TPSA) is 77.5 Å². The van der Waals surface area contributed by atoms with Crippen LogP contribution in [0.4, 0.5) is 5.69 Å². The molecule has 0 aliphatic heterocycles. The zero-order chi connectivity index (χ0) is 23.5. The van der Waals surface area contributed by atoms with E-state index in [9.17, 15) is 4.79 Å². The van der Waals surface area contributed by atoms with Crippen LogP contribution in [-0.4, -0.2) is 18.0 Å². The highest BCUT2D eigenvalue weighted by molar-refractivity contribution is 6.33. The highest BCUT2D eigenvalue weighted by Crippen LogP contribution is 2.30. The van der Waals surface area contributed by atoms with E-state index >= 15 is 0 Å². The summed E-state index contributed by atoms with van der Waals surface area (Å²) in [6.07, 6.45) is 3.01. The number of anilines is 1. The van der Waals surface area contributed by atoms with E-state index in [0.717, 1.165) is 16.9 Å². The van der Waals surface area contributed by atoms with Crippen molar-refractivity contribution >= 4 is 40.4 Å². The van der Waals surface area contributed by atoms with Crippen molar-refractivity contribution in [2.75, 3.05) is 12.4 Å². The average Bonchev–Trinajstić information content (AvgIpc) is 3.50. The van der Waals surface area contributed by atoms with Crippen LogP contribution in [0.5, 0.6) is 5.75 Å². The zero-order valence-electron chi connectivity index (χ0n) is 18.1. The van der Waals surface area contributed by atoms with Crippen molar-refractivity contribution in [3.63, 3.8) is 0 Å². The van der Waals surface area contributed by atoms with Crippen LogP contribution in [0.2, 0.25) is 5.02 Å². The summed E-state index contributed by atoms with van der Waals surface area (Å²) in [5, 5.41) is 3.43. The lowest BCUT2D eigenvalue weighted by Gasteiger charge is -2.01. The molecule has 3 aromatic carbocycles. The lowest BCUT2D eigenvalue weighted by molar-refractivity contribution is -0.111. The number of aromatic nitrogens is 1. The van der Waals surface area contributed by atoms with Gasteiger partial charge in [0.15, 0.2) is 5.58 Å². The fraction of sp³-hybridized carbons (Fsp3) is 0.0370. The van der Waals surface area contributed by atoms with E-state index in [1.165, 1.54) is 6.08 Å². The number of halogens is 1. The second-order valence-corrected chi connectivity index (χ2v) is 7.84. The molecule has 2 aromatic heterocycles. The lowest BCUT2D eigenvalue weighted by atomic mass is 10.2. The second kappa shape index (κ2) is 9.29. The first-order valence-corrected chi connectivity index (χ1v) is 10.9. The van der Waals surface area contributed by atoms with E-state index < -0.39 is 0 Å². The average molecular weight is 471 g/mol. The Morgan fingerprint density at radius 1 is 1.00 bits per heavy atom. The van der Waals surface area contributed by atoms with Crippen molar-refractivity contribution in [1.82, 2.24) is 4.98 Å². The molecule has 0 aliphatic carbocycles. The van der Waals surface area contributed by atoms with Crippen molar-refractivity contribution in [2.24, 2.45) is 0 Å². The summed E-state index contributed by atoms with van der Waals surface area (Å²) in [5.41, 5.74) is 3.50. The molecular weight excluding hydrogens is 452 g/mol. The van der Waals surface area contributed by atoms with Crippen LogP contribution in [0.3, 0.4) is 0 Å². The number of carbonyl (C=O) groups excluding carboxylic acids is 1. The predicted octanol–water partition coefficient (Wildman–Crippen LogP) is 7.07. The number of nitrogens with zero attached hydrogens (tertiary/aromatic N) is 1. The zero-order valence-corrected chi connectivity index (χ0v) is 18.9. The summed E-state index contributed by atoms with van der Waals surface area (Å²) in [5.74, 6) is 2.13. The first kappa shape index (κ1) is 21.6. The molecule has 0 saturated heterocycles. The number of fused-ring (bicyclic) bond motifs is 1. The van der Waals surface area contributed by atoms with Gasteiger partial charge in [-0.25, -0.2) is 4.98 Å². The number of methoxy groups -OCH3 is 1. The Kier molecular flexibility index (Phi) is 5.89. The molecule has 0 atom stereocenters. The van der Waals surface area contributed by atoms with Gasteiger partial charge in [-0.1, -0.05) is 23.7 Å². The Labute approximate surface area is 200 Å². The number of oxazole rings is 1. The van der Waals surface area contributed by atoms with Crippen LogP contribution in [0.25, 0.3) is 40.0 Å². The largest absolute Gasteiger partial charge is 0.497 e. The molecule has 5 rings (SSSR count). The van der Waals surface area contributed by atoms with Gasteiger partial charge in [0.25, 0.3) is 0 Å². The quantitative estimate of drug-likeness (QED) is 0.268. The molecule has 7 heteroatoms. The van der Waals surface area contributed by atoms with Crippen LogP contribution < -0.4 is 10.1 Å². The minimum atomic E-state index is -0.297. The Morgan fingerprint density at radius 3 is 2.62 bits per heavy atom. The number of hydrogen-bond donors (Lipinski definition) is 1. The van der Waals surface area contributed by atoms with E-state index in [2.05, 4.69) is 10.3 Å². The van der Waals surface area contributed by atoms with Crippen LogP contribution in [0.1, 0.15) is 5.76 Å². The van der Waals surface area contributed by atoms with E-state index in [1.807, 2.05) is 48.5 Å². The Bertz CT molecular complexity index is 1500. The molecule has 6 nitrogen and oxygen atoms in total. The van der Waals surface area contributed by atoms with Gasteiger partial charge in [-0.15, -0.1) is 0 Å². The molecule has 0 aliphatic rings. The van der Waals surface area contributed by atoms with Crippen molar-refractivity contribution < 1.29 is 18.4 Å². The molecule has 2 heterocycles. The number of ether oxygens (including phenoxy) is 1. The van der Waals surface area contributed by atoms with Crippen molar-refractivity contribution in [1.29, 1.82) is 0 Å². The van der Waals surface area contributed by atoms with E-state index in [4.69, 9.17) is 25.2 Å². The summed E-state index contributed by atoms with van der Waals surface area (Å²) >= 11 is 6.22. The van der Waals surface area contributed by atoms with Gasteiger partial charge in [0.05, 0.1) is 12.1 Å². The Balaban J connectivity index is 1.28. The summed E-state index contributed by atoms with van der Waals surface area (Å²) < 4.78 is 16.8. The third-order valence-corrected chi connectivity index (χ3v) is 5.49. The first-order valence-electron chi connectivity index (χ1n) is 10.5. The number of amides is 1. The fourth-order valence-corrected chi connectivity index (χ4v) is 3.68. The second-order valence-electron chi connectivity index (χ2n) is 7.43. The summed E-state index contributed by atoms with van der Waals surface area (Å²) in [4.78, 5) is 17.0. The van der Waals surface area contributed by atoms with Crippen molar-refractivity contribution in [2.45, 2.75) is 0 Å². The lowest BCUT2D eigenvalue weighted by Crippen LogP contribution is -2.07. The monoisotopic (exact) mass is 470 g/mol. The molecule has 34 heavy (non-hydrogen) atoms. The third-order valence-electron chi connectivity index (χ3n) is 5.16. The smallest absolute Gasteiger partial charge is 0.248 e. The van der Waals surface area contributed by atoms with Crippen LogP contribution in [0, 0.1) is 0 Å². The molecule has 5 aromatic rings. The van der Waals surface area contributed by atoms with Gasteiger partial charge in [0.2, 0.25) is 11.8 Å². The predicted molar refractivity (Wildman–Crippen MR) is 133 cm³/mol. The number of benzene rings is 3. The first-order chi connectivity index (χ1) is 16.6. The molecule has 1 amide bonds. The number of hydrogen-bond acceptors (Lipinski definition) is 5. The van der Waals surface area contributed by atoms with Crippen LogP contribution >= 0.6 is 11.6 Å². The molecule has 0 fully saturated rings. The molecule has 0 bridgehead atoms. The summed E-state index contributed by atoms with van der Waals surface area (Å²) in [6.45, 7) is 0. The van der Waals surface area contributed by atoms with E-state index in [-0.39, 0.29) is 5.91 Å². The summed E-state index contributed by atoms with van der Waals surface area (Å²) in [6, 6.07) is 23.8. The van der Waals surface area contributed by atoms with Gasteiger partial charge in [-0.05, 0) is 72.8 Å². The molecule has 0 saturated carbocycles. The van der Waals surface area contributed by atoms with Gasteiger partial charge < -0.3 is 18.9 Å². The van der Waals surface area contributed by atoms with Gasteiger partial charge in [0, 0.05) is 22.9 Å². The van der Waals surface area contributed by atoms with Gasteiger partial charge in [-0.3, -0.25) is 4.79 Å². The number of rotatable bonds is 6. The standard InChI is InChI=1S/C27H19ClN2O4/c1-32-19-9-6-17(7-10-19)27-30-23-16-18(8-13-25(23)34-27)29-26(31)15-12-20-11-14-24(33-20)21-4-2-3-5-22(21)28/h2-16H,1H3,(H,29,31)/b15-12+. The maximum absolute atomic E-state index is 12.4. The molecule has 0 spiro atoms. The van der Waals surface area contributed by atoms with E-state index in [1.54, 1.807) is 43.5 Å². The van der Waals surface area contributed by atoms with Gasteiger partial charge in [-0.2, -0.15) is 0 Å². The molecule has 0 unspecified atom stereocenters. The van der Waals surface area contributed by atoms with Crippen molar-refractivity contribution in [3.05, 3.63) is 95.7 Å². The maximum atomic E-state index is 12.4. The normalized spacial score (nSPS) is 11.2. The molecule has 1 N–H and O–H groups in total. The van der Waals surface area contributed by atoms with Gasteiger partial charge >= 0.3 is 0 Å². The van der Waals surface area contributed by atoms with Gasteiger partial charge in [0.1, 0.15) is 22.8 Å². The molecular formula is C27H19ClN2O4. The van der Waals surface area contributed by atoms with Crippen LogP contribution in [0.15, 0.2) is 93.8 Å². The number of carbonyl (C=O) groups is 1. The summed E-state index contributed by atoms with van der Waals surface area (Å²) in [7, 11) is 1.62. The van der Waals surface area contributed by atoms with Crippen LogP contribution in [-0.2, 0) is 4.79 Å². The highest BCUT2D eigenvalue weighted by Gasteiger charge is 2.10. The maximum Gasteiger partial charge on any atom is 0.248 e. The minimum Gasteiger partial charge on any atom is -0.497 e. The molecule has 0 radical (unpaired) electrons. The molecule has 168 valence electrons. The number of furan rings is 1. The number of nitrogens with one attached hydrogen (secondary N) is 1. The SMILES string of the molecule is COc1ccc(-c2nc3cc(NC(=O)/C=C/c4ccc(-c5ccccc5Cl)o4)ccc3o2)cc1. The minimum absolute atomic E-state index is 0.297. The third kappa shape index (κ3) is 4.58. The fourth-order valence-electron chi connectivity index (χ4n) is 3.45. The Hall–Kier alpha value is -4.29. The van der Waals surface area contributed by atoms with E-state index in [0.29, 0.717) is 39.2 Å².